The van der Waals surface area contributed by atoms with Gasteiger partial charge in [0.05, 0.1) is 7.11 Å². The van der Waals surface area contributed by atoms with Crippen molar-refractivity contribution in [2.75, 3.05) is 12.8 Å². The van der Waals surface area contributed by atoms with Crippen molar-refractivity contribution in [1.82, 2.24) is 4.98 Å². The molecule has 10 heavy (non-hydrogen) atoms. The summed E-state index contributed by atoms with van der Waals surface area (Å²) in [6, 6.07) is 3.62. The average molecular weight is 138 g/mol. The van der Waals surface area contributed by atoms with Crippen LogP contribution >= 0.6 is 0 Å². The largest absolute Gasteiger partial charge is 0.481 e. The van der Waals surface area contributed by atoms with Crippen molar-refractivity contribution >= 4 is 5.82 Å². The lowest BCUT2D eigenvalue weighted by molar-refractivity contribution is 0.398. The highest BCUT2D eigenvalue weighted by molar-refractivity contribution is 5.36. The molecule has 1 aromatic heterocycles. The quantitative estimate of drug-likeness (QED) is 0.629. The van der Waals surface area contributed by atoms with Gasteiger partial charge in [0.25, 0.3) is 0 Å². The molecule has 0 bridgehead atoms. The monoisotopic (exact) mass is 138 g/mol. The third kappa shape index (κ3) is 1.37. The number of aryl methyl sites for hydroxylation is 1. The summed E-state index contributed by atoms with van der Waals surface area (Å²) in [5.74, 6) is 1.06. The molecule has 0 atom stereocenters. The molecule has 3 heteroatoms. The van der Waals surface area contributed by atoms with Crippen LogP contribution in [0.3, 0.4) is 0 Å². The first kappa shape index (κ1) is 6.86. The Kier molecular flexibility index (Phi) is 1.76. The predicted octanol–water partition coefficient (Wildman–Crippen LogP) is 0.981. The van der Waals surface area contributed by atoms with Crippen LogP contribution in [0.25, 0.3) is 0 Å². The van der Waals surface area contributed by atoms with Gasteiger partial charge < -0.3 is 10.5 Å². The minimum absolute atomic E-state index is 0.497. The lowest BCUT2D eigenvalue weighted by Gasteiger charge is -2.00. The highest BCUT2D eigenvalue weighted by Crippen LogP contribution is 2.11. The number of nitrogens with zero attached hydrogens (tertiary/aromatic N) is 1. The molecule has 3 nitrogen and oxygen atoms in total. The van der Waals surface area contributed by atoms with E-state index in [4.69, 9.17) is 10.5 Å². The zero-order chi connectivity index (χ0) is 7.56. The molecule has 0 fully saturated rings. The smallest absolute Gasteiger partial charge is 0.215 e. The van der Waals surface area contributed by atoms with E-state index in [1.807, 2.05) is 13.0 Å². The van der Waals surface area contributed by atoms with Gasteiger partial charge in [0, 0.05) is 6.07 Å². The Morgan fingerprint density at radius 2 is 2.20 bits per heavy atom. The molecular weight excluding hydrogens is 128 g/mol. The number of hydrogen-bond acceptors (Lipinski definition) is 3. The second-order valence-electron chi connectivity index (χ2n) is 2.11. The van der Waals surface area contributed by atoms with Crippen LogP contribution in [0.5, 0.6) is 5.88 Å². The molecule has 1 rings (SSSR count). The van der Waals surface area contributed by atoms with Crippen LogP contribution in [0.1, 0.15) is 5.56 Å². The molecule has 0 aliphatic carbocycles. The molecule has 0 saturated heterocycles. The Bertz CT molecular complexity index is 215. The molecule has 1 heterocycles. The number of hydrogen-bond donors (Lipinski definition) is 1. The maximum Gasteiger partial charge on any atom is 0.215 e. The number of methoxy groups -OCH3 is 1. The summed E-state index contributed by atoms with van der Waals surface area (Å²) in [6.45, 7) is 1.94. The molecule has 0 unspecified atom stereocenters. The molecule has 0 amide bonds. The van der Waals surface area contributed by atoms with Crippen molar-refractivity contribution in [2.24, 2.45) is 0 Å². The summed E-state index contributed by atoms with van der Waals surface area (Å²) < 4.78 is 4.88. The van der Waals surface area contributed by atoms with E-state index in [1.54, 1.807) is 13.2 Å². The average Bonchev–Trinajstić information content (AvgIpc) is 1.85. The minimum atomic E-state index is 0.497. The van der Waals surface area contributed by atoms with Crippen molar-refractivity contribution < 1.29 is 4.74 Å². The van der Waals surface area contributed by atoms with E-state index in [1.165, 1.54) is 0 Å². The van der Waals surface area contributed by atoms with Crippen LogP contribution in [-0.2, 0) is 0 Å². The maximum atomic E-state index is 5.44. The minimum Gasteiger partial charge on any atom is -0.481 e. The van der Waals surface area contributed by atoms with Crippen molar-refractivity contribution in [1.29, 1.82) is 0 Å². The van der Waals surface area contributed by atoms with E-state index in [0.29, 0.717) is 11.7 Å². The van der Waals surface area contributed by atoms with Crippen molar-refractivity contribution in [3.05, 3.63) is 17.7 Å². The Morgan fingerprint density at radius 3 is 2.70 bits per heavy atom. The van der Waals surface area contributed by atoms with Gasteiger partial charge in [-0.05, 0) is 18.6 Å². The van der Waals surface area contributed by atoms with Gasteiger partial charge in [0.1, 0.15) is 5.82 Å². The molecule has 0 spiro atoms. The summed E-state index contributed by atoms with van der Waals surface area (Å²) in [5.41, 5.74) is 6.50. The highest BCUT2D eigenvalue weighted by atomic mass is 16.5. The SMILES string of the molecule is COc1cc(C)cc(N)n1. The third-order valence-electron chi connectivity index (χ3n) is 1.18. The Hall–Kier alpha value is -1.25. The maximum absolute atomic E-state index is 5.44. The molecule has 0 aromatic carbocycles. The fourth-order valence-corrected chi connectivity index (χ4v) is 0.766. The zero-order valence-electron chi connectivity index (χ0n) is 6.09. The van der Waals surface area contributed by atoms with Gasteiger partial charge in [0.2, 0.25) is 5.88 Å². The predicted molar refractivity (Wildman–Crippen MR) is 39.9 cm³/mol. The van der Waals surface area contributed by atoms with Crippen LogP contribution in [-0.4, -0.2) is 12.1 Å². The summed E-state index contributed by atoms with van der Waals surface area (Å²) in [6.07, 6.45) is 0. The molecule has 1 aromatic rings. The third-order valence-corrected chi connectivity index (χ3v) is 1.18. The van der Waals surface area contributed by atoms with Crippen LogP contribution in [0.15, 0.2) is 12.1 Å². The molecule has 0 aliphatic rings. The van der Waals surface area contributed by atoms with E-state index < -0.39 is 0 Å². The first-order valence-electron chi connectivity index (χ1n) is 3.00. The fourth-order valence-electron chi connectivity index (χ4n) is 0.766. The number of rotatable bonds is 1. The topological polar surface area (TPSA) is 48.1 Å². The first-order chi connectivity index (χ1) is 4.72. The molecule has 2 N–H and O–H groups in total. The summed E-state index contributed by atoms with van der Waals surface area (Å²) >= 11 is 0. The van der Waals surface area contributed by atoms with Crippen molar-refractivity contribution in [2.45, 2.75) is 6.92 Å². The van der Waals surface area contributed by atoms with Crippen molar-refractivity contribution in [3.8, 4) is 5.88 Å². The first-order valence-corrected chi connectivity index (χ1v) is 3.00. The number of ether oxygens (including phenoxy) is 1. The normalized spacial score (nSPS) is 9.40. The summed E-state index contributed by atoms with van der Waals surface area (Å²) in [7, 11) is 1.57. The van der Waals surface area contributed by atoms with Crippen molar-refractivity contribution in [3.63, 3.8) is 0 Å². The van der Waals surface area contributed by atoms with E-state index >= 15 is 0 Å². The van der Waals surface area contributed by atoms with Gasteiger partial charge in [-0.1, -0.05) is 0 Å². The number of anilines is 1. The molecular formula is C7H10N2O. The molecule has 0 radical (unpaired) electrons. The van der Waals surface area contributed by atoms with E-state index in [0.717, 1.165) is 5.56 Å². The summed E-state index contributed by atoms with van der Waals surface area (Å²) in [5, 5.41) is 0. The van der Waals surface area contributed by atoms with Gasteiger partial charge in [-0.25, -0.2) is 0 Å². The second-order valence-corrected chi connectivity index (χ2v) is 2.11. The molecule has 0 aliphatic heterocycles. The Balaban J connectivity index is 3.06. The lowest BCUT2D eigenvalue weighted by Crippen LogP contribution is -1.94. The number of pyridine rings is 1. The van der Waals surface area contributed by atoms with Crippen LogP contribution in [0.2, 0.25) is 0 Å². The van der Waals surface area contributed by atoms with Gasteiger partial charge in [-0.3, -0.25) is 0 Å². The van der Waals surface area contributed by atoms with Gasteiger partial charge in [-0.2, -0.15) is 4.98 Å². The van der Waals surface area contributed by atoms with E-state index in [-0.39, 0.29) is 0 Å². The highest BCUT2D eigenvalue weighted by Gasteiger charge is 1.94. The second kappa shape index (κ2) is 2.56. The molecule has 0 saturated carbocycles. The Morgan fingerprint density at radius 1 is 1.50 bits per heavy atom. The van der Waals surface area contributed by atoms with Crippen LogP contribution in [0, 0.1) is 6.92 Å². The molecule has 54 valence electrons. The summed E-state index contributed by atoms with van der Waals surface area (Å²) in [4.78, 5) is 3.91. The van der Waals surface area contributed by atoms with Gasteiger partial charge in [-0.15, -0.1) is 0 Å². The Labute approximate surface area is 59.8 Å². The van der Waals surface area contributed by atoms with E-state index in [9.17, 15) is 0 Å². The number of nitrogens with two attached hydrogens (primary N) is 1. The van der Waals surface area contributed by atoms with Gasteiger partial charge >= 0.3 is 0 Å². The standard InChI is InChI=1S/C7H10N2O/c1-5-3-6(8)9-7(4-5)10-2/h3-4H,1-2H3,(H2,8,9). The van der Waals surface area contributed by atoms with Crippen LogP contribution < -0.4 is 10.5 Å². The number of nitrogen functional groups attached to an aromatic ring is 1. The number of aromatic nitrogens is 1. The zero-order valence-corrected chi connectivity index (χ0v) is 6.09. The van der Waals surface area contributed by atoms with E-state index in [2.05, 4.69) is 4.98 Å². The lowest BCUT2D eigenvalue weighted by atomic mass is 10.3. The van der Waals surface area contributed by atoms with Crippen LogP contribution in [0.4, 0.5) is 5.82 Å². The fraction of sp³-hybridized carbons (Fsp3) is 0.286. The van der Waals surface area contributed by atoms with Gasteiger partial charge in [0.15, 0.2) is 0 Å².